The van der Waals surface area contributed by atoms with Crippen LogP contribution in [0.25, 0.3) is 0 Å². The predicted molar refractivity (Wildman–Crippen MR) is 141 cm³/mol. The number of ether oxygens (including phenoxy) is 3. The molecule has 7 nitrogen and oxygen atoms in total. The highest BCUT2D eigenvalue weighted by atomic mass is 16.5. The number of nitriles is 1. The molecule has 1 heterocycles. The van der Waals surface area contributed by atoms with Gasteiger partial charge in [0.2, 0.25) is 5.91 Å². The van der Waals surface area contributed by atoms with Crippen molar-refractivity contribution in [2.75, 3.05) is 46.4 Å². The van der Waals surface area contributed by atoms with Crippen molar-refractivity contribution < 1.29 is 19.0 Å². The molecule has 0 aromatic heterocycles. The van der Waals surface area contributed by atoms with Crippen LogP contribution in [0.2, 0.25) is 0 Å². The third kappa shape index (κ3) is 7.89. The topological polar surface area (TPSA) is 75.0 Å². The Kier molecular flexibility index (Phi) is 9.67. The van der Waals surface area contributed by atoms with Crippen molar-refractivity contribution in [1.82, 2.24) is 9.80 Å². The van der Waals surface area contributed by atoms with E-state index in [0.29, 0.717) is 38.4 Å². The summed E-state index contributed by atoms with van der Waals surface area (Å²) in [6.45, 7) is 4.53. The van der Waals surface area contributed by atoms with Gasteiger partial charge in [0, 0.05) is 32.7 Å². The summed E-state index contributed by atoms with van der Waals surface area (Å²) in [4.78, 5) is 16.8. The monoisotopic (exact) mass is 499 g/mol. The van der Waals surface area contributed by atoms with Gasteiger partial charge in [-0.05, 0) is 41.0 Å². The minimum atomic E-state index is -0.165. The third-order valence-corrected chi connectivity index (χ3v) is 6.49. The molecule has 0 radical (unpaired) electrons. The number of hydrogen-bond acceptors (Lipinski definition) is 6. The first-order valence-electron chi connectivity index (χ1n) is 12.5. The van der Waals surface area contributed by atoms with Crippen molar-refractivity contribution in [2.45, 2.75) is 19.3 Å². The number of hydrogen-bond donors (Lipinski definition) is 0. The molecular weight excluding hydrogens is 466 g/mol. The SMILES string of the molecule is COc1cccc([C@@H](CN2CCN(C(=O)COCc3ccccc3)CC2)OCc2ccc(C#N)cc2)c1. The largest absolute Gasteiger partial charge is 0.497 e. The Morgan fingerprint density at radius 2 is 1.65 bits per heavy atom. The van der Waals surface area contributed by atoms with E-state index in [1.807, 2.05) is 65.6 Å². The highest BCUT2D eigenvalue weighted by molar-refractivity contribution is 5.77. The molecule has 0 unspecified atom stereocenters. The molecule has 4 rings (SSSR count). The van der Waals surface area contributed by atoms with Crippen LogP contribution in [0.15, 0.2) is 78.9 Å². The fourth-order valence-electron chi connectivity index (χ4n) is 4.30. The number of methoxy groups -OCH3 is 1. The van der Waals surface area contributed by atoms with Gasteiger partial charge < -0.3 is 19.1 Å². The van der Waals surface area contributed by atoms with Gasteiger partial charge in [0.25, 0.3) is 0 Å². The van der Waals surface area contributed by atoms with Gasteiger partial charge in [0.15, 0.2) is 0 Å². The number of nitrogens with zero attached hydrogens (tertiary/aromatic N) is 3. The zero-order valence-corrected chi connectivity index (χ0v) is 21.2. The third-order valence-electron chi connectivity index (χ3n) is 6.49. The summed E-state index contributed by atoms with van der Waals surface area (Å²) in [5, 5.41) is 9.04. The summed E-state index contributed by atoms with van der Waals surface area (Å²) in [7, 11) is 1.66. The zero-order chi connectivity index (χ0) is 25.9. The van der Waals surface area contributed by atoms with Crippen LogP contribution >= 0.6 is 0 Å². The first kappa shape index (κ1) is 26.4. The summed E-state index contributed by atoms with van der Waals surface area (Å²) in [5.74, 6) is 0.812. The lowest BCUT2D eigenvalue weighted by Crippen LogP contribution is -2.50. The summed E-state index contributed by atoms with van der Waals surface area (Å²) in [6.07, 6.45) is -0.165. The van der Waals surface area contributed by atoms with Crippen molar-refractivity contribution in [2.24, 2.45) is 0 Å². The maximum Gasteiger partial charge on any atom is 0.248 e. The number of piperazine rings is 1. The summed E-state index contributed by atoms with van der Waals surface area (Å²) in [5.41, 5.74) is 3.74. The number of carbonyl (C=O) groups is 1. The van der Waals surface area contributed by atoms with Gasteiger partial charge in [0.05, 0.1) is 38.1 Å². The van der Waals surface area contributed by atoms with Gasteiger partial charge in [0.1, 0.15) is 12.4 Å². The molecule has 7 heteroatoms. The number of carbonyl (C=O) groups excluding carboxylic acids is 1. The van der Waals surface area contributed by atoms with Crippen LogP contribution in [0, 0.1) is 11.3 Å². The molecule has 1 saturated heterocycles. The molecule has 0 saturated carbocycles. The van der Waals surface area contributed by atoms with E-state index in [1.165, 1.54) is 0 Å². The highest BCUT2D eigenvalue weighted by Gasteiger charge is 2.24. The Bertz CT molecular complexity index is 1170. The van der Waals surface area contributed by atoms with Crippen molar-refractivity contribution in [3.8, 4) is 11.8 Å². The molecule has 1 amide bonds. The van der Waals surface area contributed by atoms with Gasteiger partial charge in [-0.1, -0.05) is 54.6 Å². The first-order valence-corrected chi connectivity index (χ1v) is 12.5. The van der Waals surface area contributed by atoms with Crippen LogP contribution in [0.4, 0.5) is 0 Å². The standard InChI is InChI=1S/C30H33N3O4/c1-35-28-9-5-8-27(18-28)29(37-22-26-12-10-24(19-31)11-13-26)20-32-14-16-33(17-15-32)30(34)23-36-21-25-6-3-2-4-7-25/h2-13,18,29H,14-17,20-23H2,1H3/t29-/m1/s1. The molecule has 3 aromatic carbocycles. The normalized spacial score (nSPS) is 14.6. The molecule has 0 bridgehead atoms. The van der Waals surface area contributed by atoms with E-state index in [4.69, 9.17) is 19.5 Å². The Morgan fingerprint density at radius 3 is 2.35 bits per heavy atom. The predicted octanol–water partition coefficient (Wildman–Crippen LogP) is 4.19. The van der Waals surface area contributed by atoms with Gasteiger partial charge in [-0.3, -0.25) is 9.69 Å². The molecule has 0 N–H and O–H groups in total. The lowest BCUT2D eigenvalue weighted by molar-refractivity contribution is -0.138. The summed E-state index contributed by atoms with van der Waals surface area (Å²) < 4.78 is 17.4. The minimum absolute atomic E-state index is 0.0250. The van der Waals surface area contributed by atoms with E-state index >= 15 is 0 Å². The fraction of sp³-hybridized carbons (Fsp3) is 0.333. The molecule has 192 valence electrons. The van der Waals surface area contributed by atoms with E-state index in [2.05, 4.69) is 17.0 Å². The van der Waals surface area contributed by atoms with E-state index in [9.17, 15) is 4.79 Å². The van der Waals surface area contributed by atoms with Gasteiger partial charge >= 0.3 is 0 Å². The molecular formula is C30H33N3O4. The Hall–Kier alpha value is -3.70. The van der Waals surface area contributed by atoms with Crippen LogP contribution in [0.3, 0.4) is 0 Å². The molecule has 1 aliphatic heterocycles. The van der Waals surface area contributed by atoms with Gasteiger partial charge in [-0.15, -0.1) is 0 Å². The van der Waals surface area contributed by atoms with Crippen LogP contribution in [-0.4, -0.2) is 62.1 Å². The van der Waals surface area contributed by atoms with Crippen LogP contribution in [0.1, 0.15) is 28.4 Å². The minimum Gasteiger partial charge on any atom is -0.497 e. The van der Waals surface area contributed by atoms with Crippen molar-refractivity contribution >= 4 is 5.91 Å². The number of rotatable bonds is 11. The van der Waals surface area contributed by atoms with Crippen molar-refractivity contribution in [1.29, 1.82) is 5.26 Å². The lowest BCUT2D eigenvalue weighted by Gasteiger charge is -2.36. The van der Waals surface area contributed by atoms with Gasteiger partial charge in [-0.2, -0.15) is 5.26 Å². The highest BCUT2D eigenvalue weighted by Crippen LogP contribution is 2.25. The summed E-state index contributed by atoms with van der Waals surface area (Å²) >= 11 is 0. The van der Waals surface area contributed by atoms with Crippen LogP contribution in [-0.2, 0) is 27.5 Å². The van der Waals surface area contributed by atoms with E-state index < -0.39 is 0 Å². The van der Waals surface area contributed by atoms with Crippen LogP contribution in [0.5, 0.6) is 5.75 Å². The molecule has 3 aromatic rings. The average Bonchev–Trinajstić information content (AvgIpc) is 2.96. The van der Waals surface area contributed by atoms with Crippen molar-refractivity contribution in [3.63, 3.8) is 0 Å². The summed E-state index contributed by atoms with van der Waals surface area (Å²) in [6, 6.07) is 27.4. The smallest absolute Gasteiger partial charge is 0.248 e. The molecule has 1 aliphatic rings. The average molecular weight is 500 g/mol. The quantitative estimate of drug-likeness (QED) is 0.394. The number of amides is 1. The molecule has 0 spiro atoms. The molecule has 0 aliphatic carbocycles. The lowest BCUT2D eigenvalue weighted by atomic mass is 10.1. The zero-order valence-electron chi connectivity index (χ0n) is 21.2. The van der Waals surface area contributed by atoms with E-state index in [0.717, 1.165) is 35.5 Å². The van der Waals surface area contributed by atoms with E-state index in [1.54, 1.807) is 19.2 Å². The fourth-order valence-corrected chi connectivity index (χ4v) is 4.30. The molecule has 1 fully saturated rings. The molecule has 1 atom stereocenters. The second-order valence-electron chi connectivity index (χ2n) is 9.04. The Balaban J connectivity index is 1.30. The number of benzene rings is 3. The maximum atomic E-state index is 12.6. The Labute approximate surface area is 218 Å². The Morgan fingerprint density at radius 1 is 0.919 bits per heavy atom. The van der Waals surface area contributed by atoms with Gasteiger partial charge in [-0.25, -0.2) is 0 Å². The first-order chi connectivity index (χ1) is 18.1. The van der Waals surface area contributed by atoms with E-state index in [-0.39, 0.29) is 18.6 Å². The second kappa shape index (κ2) is 13.6. The van der Waals surface area contributed by atoms with Crippen molar-refractivity contribution in [3.05, 3.63) is 101 Å². The molecule has 37 heavy (non-hydrogen) atoms. The van der Waals surface area contributed by atoms with Crippen LogP contribution < -0.4 is 4.74 Å². The second-order valence-corrected chi connectivity index (χ2v) is 9.04. The maximum absolute atomic E-state index is 12.6.